The maximum atomic E-state index is 13.1. The van der Waals surface area contributed by atoms with Gasteiger partial charge in [-0.05, 0) is 53.3 Å². The lowest BCUT2D eigenvalue weighted by Crippen LogP contribution is -2.25. The van der Waals surface area contributed by atoms with E-state index in [-0.39, 0.29) is 17.5 Å². The van der Waals surface area contributed by atoms with Crippen molar-refractivity contribution in [1.29, 1.82) is 5.26 Å². The van der Waals surface area contributed by atoms with Gasteiger partial charge in [0.15, 0.2) is 5.13 Å². The summed E-state index contributed by atoms with van der Waals surface area (Å²) in [6.07, 6.45) is 0. The molecule has 2 aromatic carbocycles. The number of nitriles is 1. The van der Waals surface area contributed by atoms with Crippen LogP contribution in [0.1, 0.15) is 30.9 Å². The lowest BCUT2D eigenvalue weighted by molar-refractivity contribution is -0.118. The maximum Gasteiger partial charge on any atom is 0.272 e. The summed E-state index contributed by atoms with van der Waals surface area (Å²) in [4.78, 5) is 29.5. The molecule has 32 heavy (non-hydrogen) atoms. The van der Waals surface area contributed by atoms with Gasteiger partial charge in [0, 0.05) is 10.7 Å². The zero-order valence-corrected chi connectivity index (χ0v) is 19.7. The number of carbonyl (C=O) groups is 2. The molecule has 4 N–H and O–H groups in total. The number of nitrogens with two attached hydrogens (primary N) is 1. The van der Waals surface area contributed by atoms with Gasteiger partial charge in [-0.15, -0.1) is 12.6 Å². The smallest absolute Gasteiger partial charge is 0.272 e. The van der Waals surface area contributed by atoms with Crippen LogP contribution < -0.4 is 16.4 Å². The largest absolute Gasteiger partial charge is 0.394 e. The number of carbonyl (C=O) groups excluding carboxylic acids is 2. The van der Waals surface area contributed by atoms with Gasteiger partial charge in [0.1, 0.15) is 5.70 Å². The predicted octanol–water partition coefficient (Wildman–Crippen LogP) is 4.87. The standard InChI is InChI=1S/C22H20ClN5O2S2/c1-11(2)19(13-5-12(9-24)6-14(23)7-13)21(30)28-22-27-17-4-3-15(8-18(17)32-22)26-20(29)16(25)10-31/h3-8,10-11,19,31H,25H2,1-2H3,(H,26,29)(H,27,28,30)/b16-10-. The molecule has 1 aromatic heterocycles. The summed E-state index contributed by atoms with van der Waals surface area (Å²) in [5, 5.41) is 16.8. The van der Waals surface area contributed by atoms with Gasteiger partial charge >= 0.3 is 0 Å². The van der Waals surface area contributed by atoms with E-state index in [1.165, 1.54) is 16.7 Å². The molecule has 0 aliphatic rings. The van der Waals surface area contributed by atoms with Gasteiger partial charge in [0.2, 0.25) is 5.91 Å². The van der Waals surface area contributed by atoms with Crippen LogP contribution >= 0.6 is 35.6 Å². The number of aromatic nitrogens is 1. The second-order valence-electron chi connectivity index (χ2n) is 7.34. The zero-order valence-electron chi connectivity index (χ0n) is 17.2. The van der Waals surface area contributed by atoms with E-state index in [4.69, 9.17) is 17.3 Å². The molecular formula is C22H20ClN5O2S2. The molecule has 3 aromatic rings. The van der Waals surface area contributed by atoms with Crippen molar-refractivity contribution in [1.82, 2.24) is 4.98 Å². The number of rotatable bonds is 6. The molecule has 0 saturated heterocycles. The first-order chi connectivity index (χ1) is 15.2. The van der Waals surface area contributed by atoms with E-state index in [2.05, 4.69) is 34.3 Å². The van der Waals surface area contributed by atoms with Crippen LogP contribution in [0.5, 0.6) is 0 Å². The van der Waals surface area contributed by atoms with Crippen LogP contribution in [-0.2, 0) is 9.59 Å². The number of benzene rings is 2. The molecule has 0 aliphatic heterocycles. The highest BCUT2D eigenvalue weighted by Crippen LogP contribution is 2.32. The van der Waals surface area contributed by atoms with Gasteiger partial charge in [-0.3, -0.25) is 9.59 Å². The van der Waals surface area contributed by atoms with Gasteiger partial charge in [-0.1, -0.05) is 36.8 Å². The predicted molar refractivity (Wildman–Crippen MR) is 132 cm³/mol. The number of amides is 2. The van der Waals surface area contributed by atoms with Crippen molar-refractivity contribution in [2.45, 2.75) is 19.8 Å². The van der Waals surface area contributed by atoms with E-state index in [1.54, 1.807) is 36.4 Å². The average molecular weight is 486 g/mol. The summed E-state index contributed by atoms with van der Waals surface area (Å²) in [6.45, 7) is 3.85. The van der Waals surface area contributed by atoms with Gasteiger partial charge in [-0.2, -0.15) is 5.26 Å². The number of hydrogen-bond acceptors (Lipinski definition) is 7. The molecule has 0 spiro atoms. The summed E-state index contributed by atoms with van der Waals surface area (Å²) < 4.78 is 0.780. The minimum atomic E-state index is -0.515. The Morgan fingerprint density at radius 3 is 2.66 bits per heavy atom. The molecule has 1 heterocycles. The molecule has 3 rings (SSSR count). The Labute approximate surface area is 199 Å². The molecule has 0 radical (unpaired) electrons. The van der Waals surface area contributed by atoms with E-state index in [0.717, 1.165) is 4.70 Å². The molecule has 2 amide bonds. The lowest BCUT2D eigenvalue weighted by Gasteiger charge is -2.20. The fraction of sp³-hybridized carbons (Fsp3) is 0.182. The van der Waals surface area contributed by atoms with Crippen molar-refractivity contribution in [2.75, 3.05) is 10.6 Å². The van der Waals surface area contributed by atoms with Gasteiger partial charge in [-0.25, -0.2) is 4.98 Å². The van der Waals surface area contributed by atoms with Crippen molar-refractivity contribution in [3.8, 4) is 6.07 Å². The van der Waals surface area contributed by atoms with E-state index >= 15 is 0 Å². The van der Waals surface area contributed by atoms with Crippen molar-refractivity contribution in [3.05, 3.63) is 63.7 Å². The highest BCUT2D eigenvalue weighted by Gasteiger charge is 2.26. The van der Waals surface area contributed by atoms with Crippen LogP contribution in [-0.4, -0.2) is 16.8 Å². The summed E-state index contributed by atoms with van der Waals surface area (Å²) in [6, 6.07) is 12.2. The normalized spacial score (nSPS) is 12.4. The molecule has 0 bridgehead atoms. The Kier molecular flexibility index (Phi) is 7.40. The molecule has 7 nitrogen and oxygen atoms in total. The van der Waals surface area contributed by atoms with Gasteiger partial charge in [0.05, 0.1) is 27.8 Å². The number of nitrogens with one attached hydrogen (secondary N) is 2. The van der Waals surface area contributed by atoms with Crippen LogP contribution in [0, 0.1) is 17.2 Å². The Hall–Kier alpha value is -3.06. The Bertz CT molecular complexity index is 1260. The number of anilines is 2. The van der Waals surface area contributed by atoms with Gasteiger partial charge in [0.25, 0.3) is 5.91 Å². The Morgan fingerprint density at radius 1 is 1.25 bits per heavy atom. The lowest BCUT2D eigenvalue weighted by atomic mass is 9.87. The van der Waals surface area contributed by atoms with Crippen LogP contribution in [0.2, 0.25) is 5.02 Å². The first-order valence-electron chi connectivity index (χ1n) is 9.55. The summed E-state index contributed by atoms with van der Waals surface area (Å²) in [5.74, 6) is -1.26. The Balaban J connectivity index is 1.84. The van der Waals surface area contributed by atoms with Crippen molar-refractivity contribution in [2.24, 2.45) is 11.7 Å². The minimum Gasteiger partial charge on any atom is -0.394 e. The highest BCUT2D eigenvalue weighted by molar-refractivity contribution is 7.83. The molecule has 0 saturated carbocycles. The van der Waals surface area contributed by atoms with Crippen molar-refractivity contribution in [3.63, 3.8) is 0 Å². The molecule has 10 heteroatoms. The van der Waals surface area contributed by atoms with E-state index < -0.39 is 11.8 Å². The Morgan fingerprint density at radius 2 is 2.00 bits per heavy atom. The van der Waals surface area contributed by atoms with E-state index in [1.807, 2.05) is 13.8 Å². The van der Waals surface area contributed by atoms with Crippen LogP contribution in [0.15, 0.2) is 47.5 Å². The summed E-state index contributed by atoms with van der Waals surface area (Å²) in [5.41, 5.74) is 7.84. The molecule has 0 aliphatic carbocycles. The average Bonchev–Trinajstić information content (AvgIpc) is 3.13. The SMILES string of the molecule is CC(C)C(C(=O)Nc1nc2ccc(NC(=O)/C(N)=C/S)cc2s1)c1cc(Cl)cc(C#N)c1. The van der Waals surface area contributed by atoms with Crippen LogP contribution in [0.3, 0.4) is 0 Å². The third-order valence-electron chi connectivity index (χ3n) is 4.64. The van der Waals surface area contributed by atoms with E-state index in [0.29, 0.717) is 32.5 Å². The quantitative estimate of drug-likeness (QED) is 0.293. The molecule has 1 unspecified atom stereocenters. The molecule has 0 fully saturated rings. The van der Waals surface area contributed by atoms with Gasteiger partial charge < -0.3 is 16.4 Å². The van der Waals surface area contributed by atoms with Crippen molar-refractivity contribution < 1.29 is 9.59 Å². The monoisotopic (exact) mass is 485 g/mol. The van der Waals surface area contributed by atoms with Crippen LogP contribution in [0.4, 0.5) is 10.8 Å². The second kappa shape index (κ2) is 10.0. The number of hydrogen-bond donors (Lipinski definition) is 4. The fourth-order valence-electron chi connectivity index (χ4n) is 3.20. The number of thiol groups is 1. The third kappa shape index (κ3) is 5.40. The first kappa shape index (κ1) is 23.6. The second-order valence-corrected chi connectivity index (χ2v) is 9.06. The molecular weight excluding hydrogens is 466 g/mol. The summed E-state index contributed by atoms with van der Waals surface area (Å²) in [7, 11) is 0. The number of thiazole rings is 1. The molecule has 164 valence electrons. The fourth-order valence-corrected chi connectivity index (χ4v) is 4.47. The summed E-state index contributed by atoms with van der Waals surface area (Å²) >= 11 is 11.3. The number of halogens is 1. The number of nitrogens with zero attached hydrogens (tertiary/aromatic N) is 2. The first-order valence-corrected chi connectivity index (χ1v) is 11.3. The molecule has 1 atom stereocenters. The van der Waals surface area contributed by atoms with Crippen molar-refractivity contribution >= 4 is 68.4 Å². The van der Waals surface area contributed by atoms with E-state index in [9.17, 15) is 14.9 Å². The highest BCUT2D eigenvalue weighted by atomic mass is 35.5. The maximum absolute atomic E-state index is 13.1. The topological polar surface area (TPSA) is 121 Å². The minimum absolute atomic E-state index is 0.00835. The third-order valence-corrected chi connectivity index (χ3v) is 6.07. The number of fused-ring (bicyclic) bond motifs is 1. The van der Waals surface area contributed by atoms with Crippen LogP contribution in [0.25, 0.3) is 10.2 Å². The zero-order chi connectivity index (χ0) is 23.4.